The van der Waals surface area contributed by atoms with Crippen molar-refractivity contribution < 1.29 is 9.18 Å². The molecule has 1 aliphatic rings. The van der Waals surface area contributed by atoms with Gasteiger partial charge in [0.15, 0.2) is 0 Å². The number of nitrogens with zero attached hydrogens (tertiary/aromatic N) is 5. The lowest BCUT2D eigenvalue weighted by Crippen LogP contribution is -2.25. The topological polar surface area (TPSA) is 85.6 Å². The molecule has 0 spiro atoms. The maximum Gasteiger partial charge on any atom is 0.272 e. The number of hydrogen-bond donors (Lipinski definition) is 1. The van der Waals surface area contributed by atoms with E-state index in [0.717, 1.165) is 21.3 Å². The molecule has 154 valence electrons. The van der Waals surface area contributed by atoms with Crippen molar-refractivity contribution in [2.75, 3.05) is 5.32 Å². The van der Waals surface area contributed by atoms with Crippen molar-refractivity contribution in [1.82, 2.24) is 25.0 Å². The number of fused-ring (bicyclic) bond motifs is 1. The van der Waals surface area contributed by atoms with Gasteiger partial charge in [-0.25, -0.2) is 9.37 Å². The monoisotopic (exact) mass is 478 g/mol. The summed E-state index contributed by atoms with van der Waals surface area (Å²) in [7, 11) is 0. The Morgan fingerprint density at radius 2 is 1.87 bits per heavy atom. The molecular formula is C22H16BrFN6O. The molecule has 1 aliphatic heterocycles. The van der Waals surface area contributed by atoms with E-state index < -0.39 is 0 Å². The molecule has 0 saturated heterocycles. The van der Waals surface area contributed by atoms with Gasteiger partial charge >= 0.3 is 0 Å². The second-order valence-corrected chi connectivity index (χ2v) is 8.18. The largest absolute Gasteiger partial charge is 0.310 e. The molecule has 31 heavy (non-hydrogen) atoms. The fourth-order valence-electron chi connectivity index (χ4n) is 3.82. The molecule has 1 amide bonds. The van der Waals surface area contributed by atoms with Crippen molar-refractivity contribution in [2.24, 2.45) is 0 Å². The number of carbonyl (C=O) groups excluding carboxylic acids is 1. The van der Waals surface area contributed by atoms with Gasteiger partial charge in [-0.15, -0.1) is 5.10 Å². The minimum atomic E-state index is -0.329. The zero-order chi connectivity index (χ0) is 21.5. The van der Waals surface area contributed by atoms with Crippen molar-refractivity contribution in [2.45, 2.75) is 19.3 Å². The molecule has 3 heterocycles. The molecule has 4 aromatic rings. The van der Waals surface area contributed by atoms with Crippen LogP contribution >= 0.6 is 15.9 Å². The first-order valence-electron chi connectivity index (χ1n) is 9.60. The second kappa shape index (κ2) is 7.66. The number of carbonyl (C=O) groups is 1. The Balaban J connectivity index is 1.60. The van der Waals surface area contributed by atoms with Crippen LogP contribution in [-0.2, 0) is 4.79 Å². The lowest BCUT2D eigenvalue weighted by atomic mass is 9.86. The third kappa shape index (κ3) is 3.61. The van der Waals surface area contributed by atoms with E-state index >= 15 is 0 Å². The molecule has 0 aliphatic carbocycles. The van der Waals surface area contributed by atoms with Crippen molar-refractivity contribution in [3.63, 3.8) is 0 Å². The van der Waals surface area contributed by atoms with Crippen molar-refractivity contribution in [1.29, 1.82) is 0 Å². The van der Waals surface area contributed by atoms with E-state index in [1.165, 1.54) is 23.0 Å². The third-order valence-corrected chi connectivity index (χ3v) is 5.78. The summed E-state index contributed by atoms with van der Waals surface area (Å²) in [6, 6.07) is 13.9. The van der Waals surface area contributed by atoms with Crippen LogP contribution in [0, 0.1) is 12.7 Å². The second-order valence-electron chi connectivity index (χ2n) is 7.26. The summed E-state index contributed by atoms with van der Waals surface area (Å²) in [4.78, 5) is 17.1. The first-order valence-corrected chi connectivity index (χ1v) is 10.4. The molecule has 2 aromatic heterocycles. The summed E-state index contributed by atoms with van der Waals surface area (Å²) in [6.07, 6.45) is 1.83. The van der Waals surface area contributed by atoms with Crippen LogP contribution in [0.5, 0.6) is 0 Å². The molecule has 7 nitrogen and oxygen atoms in total. The number of benzene rings is 2. The molecule has 5 rings (SSSR count). The summed E-state index contributed by atoms with van der Waals surface area (Å²) < 4.78 is 15.7. The molecule has 0 bridgehead atoms. The highest BCUT2D eigenvalue weighted by molar-refractivity contribution is 9.10. The zero-order valence-electron chi connectivity index (χ0n) is 16.4. The highest BCUT2D eigenvalue weighted by Gasteiger charge is 2.33. The Kier molecular flexibility index (Phi) is 4.82. The van der Waals surface area contributed by atoms with Crippen LogP contribution in [0.15, 0.2) is 59.2 Å². The number of anilines is 1. The molecule has 2 aromatic carbocycles. The summed E-state index contributed by atoms with van der Waals surface area (Å²) >= 11 is 3.45. The van der Waals surface area contributed by atoms with Crippen LogP contribution in [0.25, 0.3) is 17.2 Å². The van der Waals surface area contributed by atoms with Crippen molar-refractivity contribution >= 4 is 27.7 Å². The lowest BCUT2D eigenvalue weighted by molar-refractivity contribution is -0.116. The Hall–Kier alpha value is -3.46. The Labute approximate surface area is 185 Å². The van der Waals surface area contributed by atoms with Gasteiger partial charge in [-0.1, -0.05) is 28.1 Å². The normalized spacial score (nSPS) is 15.5. The molecule has 9 heteroatoms. The van der Waals surface area contributed by atoms with Gasteiger partial charge in [0.2, 0.25) is 5.91 Å². The highest BCUT2D eigenvalue weighted by Crippen LogP contribution is 2.40. The van der Waals surface area contributed by atoms with Gasteiger partial charge in [0.1, 0.15) is 11.6 Å². The van der Waals surface area contributed by atoms with E-state index in [1.54, 1.807) is 12.1 Å². The summed E-state index contributed by atoms with van der Waals surface area (Å²) in [5.74, 6) is 0.204. The van der Waals surface area contributed by atoms with Crippen LogP contribution in [0.4, 0.5) is 10.2 Å². The number of halogens is 2. The predicted molar refractivity (Wildman–Crippen MR) is 116 cm³/mol. The van der Waals surface area contributed by atoms with E-state index in [-0.39, 0.29) is 23.6 Å². The zero-order valence-corrected chi connectivity index (χ0v) is 18.0. The van der Waals surface area contributed by atoms with Gasteiger partial charge in [-0.05, 0) is 48.9 Å². The SMILES string of the molecule is Cc1nn(-c2nncc(-c3ccc(F)cc3)n2)c2c1[C@H](c1ccc(Br)cc1)CC(=O)N2. The molecule has 0 radical (unpaired) electrons. The summed E-state index contributed by atoms with van der Waals surface area (Å²) in [5.41, 5.74) is 3.96. The highest BCUT2D eigenvalue weighted by atomic mass is 79.9. The first kappa shape index (κ1) is 19.5. The van der Waals surface area contributed by atoms with Crippen LogP contribution in [0.2, 0.25) is 0 Å². The van der Waals surface area contributed by atoms with E-state index in [4.69, 9.17) is 0 Å². The quantitative estimate of drug-likeness (QED) is 0.471. The molecule has 1 N–H and O–H groups in total. The predicted octanol–water partition coefficient (Wildman–Crippen LogP) is 4.41. The van der Waals surface area contributed by atoms with Gasteiger partial charge in [0, 0.05) is 27.9 Å². The summed E-state index contributed by atoms with van der Waals surface area (Å²) in [6.45, 7) is 1.90. The first-order chi connectivity index (χ1) is 15.0. The lowest BCUT2D eigenvalue weighted by Gasteiger charge is -2.24. The van der Waals surface area contributed by atoms with E-state index in [0.29, 0.717) is 23.5 Å². The van der Waals surface area contributed by atoms with Crippen LogP contribution < -0.4 is 5.32 Å². The van der Waals surface area contributed by atoms with Crippen LogP contribution in [0.1, 0.15) is 29.2 Å². The van der Waals surface area contributed by atoms with Gasteiger partial charge in [0.25, 0.3) is 5.95 Å². The average molecular weight is 479 g/mol. The molecule has 1 atom stereocenters. The number of hydrogen-bond acceptors (Lipinski definition) is 5. The van der Waals surface area contributed by atoms with Gasteiger partial charge < -0.3 is 5.32 Å². The van der Waals surface area contributed by atoms with Crippen molar-refractivity contribution in [3.8, 4) is 17.2 Å². The molecule has 0 fully saturated rings. The molecule has 0 saturated carbocycles. The maximum absolute atomic E-state index is 13.3. The molecular weight excluding hydrogens is 463 g/mol. The van der Waals surface area contributed by atoms with Gasteiger partial charge in [-0.2, -0.15) is 14.9 Å². The maximum atomic E-state index is 13.3. The third-order valence-electron chi connectivity index (χ3n) is 5.25. The van der Waals surface area contributed by atoms with Crippen LogP contribution in [-0.4, -0.2) is 30.9 Å². The fraction of sp³-hybridized carbons (Fsp3) is 0.136. The Morgan fingerprint density at radius 1 is 1.13 bits per heavy atom. The number of rotatable bonds is 3. The van der Waals surface area contributed by atoms with Gasteiger partial charge in [0.05, 0.1) is 17.6 Å². The van der Waals surface area contributed by atoms with E-state index in [1.807, 2.05) is 31.2 Å². The Bertz CT molecular complexity index is 1290. The Morgan fingerprint density at radius 3 is 2.61 bits per heavy atom. The van der Waals surface area contributed by atoms with E-state index in [9.17, 15) is 9.18 Å². The molecule has 0 unspecified atom stereocenters. The standard InChI is InChI=1S/C22H16BrFN6O/c1-12-20-17(13-2-6-15(23)7-3-13)10-19(31)27-21(20)30(29-12)22-26-18(11-25-28-22)14-4-8-16(24)9-5-14/h2-9,11,17H,10H2,1H3,(H,27,31)/t17-/m0/s1. The average Bonchev–Trinajstić information content (AvgIpc) is 3.10. The minimum absolute atomic E-state index is 0.107. The van der Waals surface area contributed by atoms with Crippen LogP contribution in [0.3, 0.4) is 0 Å². The number of nitrogens with one attached hydrogen (secondary N) is 1. The fourth-order valence-corrected chi connectivity index (χ4v) is 4.08. The van der Waals surface area contributed by atoms with Gasteiger partial charge in [-0.3, -0.25) is 4.79 Å². The van der Waals surface area contributed by atoms with Crippen molar-refractivity contribution in [3.05, 3.63) is 81.8 Å². The summed E-state index contributed by atoms with van der Waals surface area (Å²) in [5, 5.41) is 15.7. The smallest absolute Gasteiger partial charge is 0.272 e. The van der Waals surface area contributed by atoms with E-state index in [2.05, 4.69) is 41.5 Å². The number of aryl methyl sites for hydroxylation is 1. The number of aromatic nitrogens is 5. The minimum Gasteiger partial charge on any atom is -0.310 e. The number of amides is 1.